The number of unbranched alkanes of at least 4 members (excludes halogenated alkanes) is 3. The normalized spacial score (nSPS) is 16.5. The summed E-state index contributed by atoms with van der Waals surface area (Å²) in [5.41, 5.74) is 0.810. The van der Waals surface area contributed by atoms with Crippen molar-refractivity contribution in [3.63, 3.8) is 0 Å². The summed E-state index contributed by atoms with van der Waals surface area (Å²) in [6, 6.07) is 9.27. The lowest BCUT2D eigenvalue weighted by Crippen LogP contribution is -3.15. The van der Waals surface area contributed by atoms with Crippen molar-refractivity contribution in [1.29, 1.82) is 0 Å². The molecule has 6 nitrogen and oxygen atoms in total. The van der Waals surface area contributed by atoms with Crippen molar-refractivity contribution < 1.29 is 18.1 Å². The lowest BCUT2D eigenvalue weighted by atomic mass is 10.2. The fourth-order valence-corrected chi connectivity index (χ4v) is 4.74. The Bertz CT molecular complexity index is 641. The number of piperazine rings is 1. The van der Waals surface area contributed by atoms with E-state index in [4.69, 9.17) is 0 Å². The minimum atomic E-state index is -3.29. The van der Waals surface area contributed by atoms with E-state index in [2.05, 4.69) is 12.2 Å². The average molecular weight is 383 g/mol. The highest BCUT2D eigenvalue weighted by molar-refractivity contribution is 7.88. The molecular formula is C19H32N3O3S+. The van der Waals surface area contributed by atoms with E-state index in [1.807, 2.05) is 30.3 Å². The Morgan fingerprint density at radius 2 is 1.81 bits per heavy atom. The van der Waals surface area contributed by atoms with Gasteiger partial charge in [0.1, 0.15) is 0 Å². The number of sulfonamides is 1. The van der Waals surface area contributed by atoms with Gasteiger partial charge in [-0.2, -0.15) is 4.31 Å². The standard InChI is InChI=1S/C19H31N3O3S/c1-2-3-4-8-11-20-19(23)16-21-12-14-22(15-13-21)26(24,25)17-18-9-6-5-7-10-18/h5-7,9-10H,2-4,8,11-17H2,1H3,(H,20,23)/p+1. The molecule has 0 aliphatic carbocycles. The monoisotopic (exact) mass is 382 g/mol. The maximum absolute atomic E-state index is 12.5. The molecule has 1 aromatic carbocycles. The summed E-state index contributed by atoms with van der Waals surface area (Å²) in [6.45, 7) is 5.66. The third-order valence-corrected chi connectivity index (χ3v) is 6.63. The predicted octanol–water partition coefficient (Wildman–Crippen LogP) is 0.413. The number of amides is 1. The number of quaternary nitrogens is 1. The van der Waals surface area contributed by atoms with Crippen molar-refractivity contribution >= 4 is 15.9 Å². The molecule has 146 valence electrons. The number of nitrogens with zero attached hydrogens (tertiary/aromatic N) is 1. The maximum atomic E-state index is 12.5. The second-order valence-electron chi connectivity index (χ2n) is 6.98. The van der Waals surface area contributed by atoms with Crippen molar-refractivity contribution in [1.82, 2.24) is 9.62 Å². The molecule has 0 radical (unpaired) electrons. The molecule has 2 rings (SSSR count). The summed E-state index contributed by atoms with van der Waals surface area (Å²) >= 11 is 0. The van der Waals surface area contributed by atoms with Crippen molar-refractivity contribution in [2.75, 3.05) is 39.3 Å². The summed E-state index contributed by atoms with van der Waals surface area (Å²) in [4.78, 5) is 13.2. The van der Waals surface area contributed by atoms with E-state index in [1.165, 1.54) is 12.8 Å². The van der Waals surface area contributed by atoms with Crippen LogP contribution in [-0.2, 0) is 20.6 Å². The highest BCUT2D eigenvalue weighted by Gasteiger charge is 2.29. The first kappa shape index (κ1) is 20.9. The fourth-order valence-electron chi connectivity index (χ4n) is 3.20. The Morgan fingerprint density at radius 1 is 1.12 bits per heavy atom. The molecule has 1 aliphatic heterocycles. The van der Waals surface area contributed by atoms with E-state index < -0.39 is 10.0 Å². The van der Waals surface area contributed by atoms with E-state index in [1.54, 1.807) is 4.31 Å². The zero-order chi connectivity index (χ0) is 18.8. The van der Waals surface area contributed by atoms with Gasteiger partial charge in [0.2, 0.25) is 10.0 Å². The zero-order valence-electron chi connectivity index (χ0n) is 15.7. The average Bonchev–Trinajstić information content (AvgIpc) is 2.62. The Kier molecular flexibility index (Phi) is 8.54. The largest absolute Gasteiger partial charge is 0.351 e. The van der Waals surface area contributed by atoms with Gasteiger partial charge in [0.05, 0.1) is 31.9 Å². The molecule has 0 unspecified atom stereocenters. The van der Waals surface area contributed by atoms with Crippen LogP contribution < -0.4 is 10.2 Å². The molecule has 1 aliphatic rings. The SMILES string of the molecule is CCCCCCNC(=O)C[NH+]1CCN(S(=O)(=O)Cc2ccccc2)CC1. The Labute approximate surface area is 157 Å². The van der Waals surface area contributed by atoms with Gasteiger partial charge in [-0.3, -0.25) is 4.79 Å². The Morgan fingerprint density at radius 3 is 2.46 bits per heavy atom. The van der Waals surface area contributed by atoms with Crippen LogP contribution >= 0.6 is 0 Å². The molecule has 1 fully saturated rings. The first-order valence-electron chi connectivity index (χ1n) is 9.63. The summed E-state index contributed by atoms with van der Waals surface area (Å²) in [6.07, 6.45) is 4.58. The quantitative estimate of drug-likeness (QED) is 0.576. The van der Waals surface area contributed by atoms with Crippen molar-refractivity contribution in [3.05, 3.63) is 35.9 Å². The second kappa shape index (κ2) is 10.6. The van der Waals surface area contributed by atoms with E-state index >= 15 is 0 Å². The molecule has 1 heterocycles. The number of hydrogen-bond donors (Lipinski definition) is 2. The van der Waals surface area contributed by atoms with Gasteiger partial charge in [-0.15, -0.1) is 0 Å². The summed E-state index contributed by atoms with van der Waals surface area (Å²) in [5.74, 6) is 0.110. The van der Waals surface area contributed by atoms with Gasteiger partial charge in [-0.25, -0.2) is 8.42 Å². The lowest BCUT2D eigenvalue weighted by Gasteiger charge is -2.31. The van der Waals surface area contributed by atoms with Crippen molar-refractivity contribution in [2.45, 2.75) is 38.4 Å². The maximum Gasteiger partial charge on any atom is 0.275 e. The predicted molar refractivity (Wildman–Crippen MR) is 103 cm³/mol. The van der Waals surface area contributed by atoms with Gasteiger partial charge >= 0.3 is 0 Å². The van der Waals surface area contributed by atoms with Crippen LogP contribution in [0.4, 0.5) is 0 Å². The van der Waals surface area contributed by atoms with Crippen LogP contribution in [0.25, 0.3) is 0 Å². The van der Waals surface area contributed by atoms with Crippen molar-refractivity contribution in [3.8, 4) is 0 Å². The summed E-state index contributed by atoms with van der Waals surface area (Å²) in [5, 5.41) is 2.97. The fraction of sp³-hybridized carbons (Fsp3) is 0.632. The molecule has 1 saturated heterocycles. The van der Waals surface area contributed by atoms with Crippen molar-refractivity contribution in [2.24, 2.45) is 0 Å². The molecule has 0 saturated carbocycles. The van der Waals surface area contributed by atoms with Crippen LogP contribution in [0.1, 0.15) is 38.2 Å². The Hall–Kier alpha value is -1.44. The molecule has 0 bridgehead atoms. The highest BCUT2D eigenvalue weighted by atomic mass is 32.2. The second-order valence-corrected chi connectivity index (χ2v) is 8.95. The number of rotatable bonds is 10. The minimum absolute atomic E-state index is 0.0431. The van der Waals surface area contributed by atoms with Gasteiger partial charge in [-0.05, 0) is 12.0 Å². The molecule has 0 atom stereocenters. The van der Waals surface area contributed by atoms with E-state index in [-0.39, 0.29) is 11.7 Å². The Balaban J connectivity index is 1.70. The summed E-state index contributed by atoms with van der Waals surface area (Å²) in [7, 11) is -3.29. The summed E-state index contributed by atoms with van der Waals surface area (Å²) < 4.78 is 26.7. The van der Waals surface area contributed by atoms with Crippen LogP contribution in [0.15, 0.2) is 30.3 Å². The van der Waals surface area contributed by atoms with Crippen LogP contribution in [0.3, 0.4) is 0 Å². The smallest absolute Gasteiger partial charge is 0.275 e. The van der Waals surface area contributed by atoms with Gasteiger partial charge < -0.3 is 10.2 Å². The zero-order valence-corrected chi connectivity index (χ0v) is 16.6. The first-order chi connectivity index (χ1) is 12.5. The van der Waals surface area contributed by atoms with E-state index in [0.29, 0.717) is 32.7 Å². The van der Waals surface area contributed by atoms with Crippen LogP contribution in [0.2, 0.25) is 0 Å². The van der Waals surface area contributed by atoms with Crippen LogP contribution in [0.5, 0.6) is 0 Å². The van der Waals surface area contributed by atoms with Crippen LogP contribution in [-0.4, -0.2) is 57.9 Å². The molecule has 1 aromatic rings. The topological polar surface area (TPSA) is 70.9 Å². The number of carbonyl (C=O) groups excluding carboxylic acids is 1. The molecule has 7 heteroatoms. The molecule has 1 amide bonds. The highest BCUT2D eigenvalue weighted by Crippen LogP contribution is 2.10. The molecule has 0 aromatic heterocycles. The van der Waals surface area contributed by atoms with Gasteiger partial charge in [0.25, 0.3) is 5.91 Å². The third-order valence-electron chi connectivity index (χ3n) is 4.78. The number of carbonyl (C=O) groups is 1. The van der Waals surface area contributed by atoms with Gasteiger partial charge in [0.15, 0.2) is 6.54 Å². The lowest BCUT2D eigenvalue weighted by molar-refractivity contribution is -0.895. The van der Waals surface area contributed by atoms with Crippen LogP contribution in [0, 0.1) is 0 Å². The molecule has 0 spiro atoms. The first-order valence-corrected chi connectivity index (χ1v) is 11.2. The number of hydrogen-bond acceptors (Lipinski definition) is 3. The number of benzene rings is 1. The minimum Gasteiger partial charge on any atom is -0.351 e. The molecule has 2 N–H and O–H groups in total. The van der Waals surface area contributed by atoms with E-state index in [0.717, 1.165) is 29.8 Å². The third kappa shape index (κ3) is 7.05. The molecule has 26 heavy (non-hydrogen) atoms. The van der Waals surface area contributed by atoms with E-state index in [9.17, 15) is 13.2 Å². The van der Waals surface area contributed by atoms with Gasteiger partial charge in [-0.1, -0.05) is 56.5 Å². The molecular weight excluding hydrogens is 350 g/mol. The number of nitrogens with one attached hydrogen (secondary N) is 2. The van der Waals surface area contributed by atoms with Gasteiger partial charge in [0, 0.05) is 6.54 Å².